The van der Waals surface area contributed by atoms with Crippen molar-refractivity contribution < 1.29 is 23.5 Å². The summed E-state index contributed by atoms with van der Waals surface area (Å²) in [6.45, 7) is 3.70. The van der Waals surface area contributed by atoms with Gasteiger partial charge in [-0.1, -0.05) is 0 Å². The van der Waals surface area contributed by atoms with Gasteiger partial charge in [-0.05, 0) is 32.4 Å². The number of ether oxygens (including phenoxy) is 2. The lowest BCUT2D eigenvalue weighted by atomic mass is 10.1. The normalized spacial score (nSPS) is 10.1. The maximum Gasteiger partial charge on any atom is 0.305 e. The molecule has 0 spiro atoms. The van der Waals surface area contributed by atoms with E-state index in [-0.39, 0.29) is 30.3 Å². The first-order valence-corrected chi connectivity index (χ1v) is 6.13. The summed E-state index contributed by atoms with van der Waals surface area (Å²) in [5.74, 6) is -0.864. The third-order valence-electron chi connectivity index (χ3n) is 2.42. The highest BCUT2D eigenvalue weighted by atomic mass is 19.1. The van der Waals surface area contributed by atoms with Gasteiger partial charge in [0.2, 0.25) is 0 Å². The second kappa shape index (κ2) is 7.51. The first kappa shape index (κ1) is 15.1. The molecule has 104 valence electrons. The monoisotopic (exact) mass is 268 g/mol. The SMILES string of the molecule is CCOC(=O)CCCOc1ccc(C(C)=O)c(F)c1. The minimum Gasteiger partial charge on any atom is -0.493 e. The molecule has 0 saturated heterocycles. The number of rotatable bonds is 7. The molecule has 0 amide bonds. The van der Waals surface area contributed by atoms with Crippen LogP contribution >= 0.6 is 0 Å². The molecule has 0 aliphatic rings. The van der Waals surface area contributed by atoms with E-state index in [1.807, 2.05) is 0 Å². The van der Waals surface area contributed by atoms with Crippen molar-refractivity contribution in [3.8, 4) is 5.75 Å². The van der Waals surface area contributed by atoms with Gasteiger partial charge in [-0.3, -0.25) is 9.59 Å². The molecule has 1 rings (SSSR count). The first-order chi connectivity index (χ1) is 9.04. The fraction of sp³-hybridized carbons (Fsp3) is 0.429. The zero-order valence-electron chi connectivity index (χ0n) is 11.1. The molecule has 1 aromatic rings. The van der Waals surface area contributed by atoms with E-state index in [1.165, 1.54) is 25.1 Å². The first-order valence-electron chi connectivity index (χ1n) is 6.13. The molecule has 19 heavy (non-hydrogen) atoms. The van der Waals surface area contributed by atoms with E-state index in [1.54, 1.807) is 6.92 Å². The van der Waals surface area contributed by atoms with Gasteiger partial charge in [-0.25, -0.2) is 4.39 Å². The van der Waals surface area contributed by atoms with Crippen molar-refractivity contribution in [3.05, 3.63) is 29.6 Å². The highest BCUT2D eigenvalue weighted by molar-refractivity contribution is 5.94. The van der Waals surface area contributed by atoms with Crippen LogP contribution in [0.2, 0.25) is 0 Å². The van der Waals surface area contributed by atoms with Crippen LogP contribution in [0.4, 0.5) is 4.39 Å². The molecule has 0 aliphatic carbocycles. The molecule has 0 bridgehead atoms. The number of ketones is 1. The Bertz CT molecular complexity index is 457. The fourth-order valence-corrected chi connectivity index (χ4v) is 1.51. The van der Waals surface area contributed by atoms with Crippen LogP contribution in [0.15, 0.2) is 18.2 Å². The Balaban J connectivity index is 2.40. The van der Waals surface area contributed by atoms with E-state index >= 15 is 0 Å². The van der Waals surface area contributed by atoms with Gasteiger partial charge in [0.25, 0.3) is 0 Å². The second-order valence-electron chi connectivity index (χ2n) is 3.95. The Morgan fingerprint density at radius 1 is 1.32 bits per heavy atom. The number of halogens is 1. The minimum absolute atomic E-state index is 0.0406. The minimum atomic E-state index is -0.601. The fourth-order valence-electron chi connectivity index (χ4n) is 1.51. The van der Waals surface area contributed by atoms with Crippen molar-refractivity contribution in [2.24, 2.45) is 0 Å². The van der Waals surface area contributed by atoms with Crippen molar-refractivity contribution in [1.29, 1.82) is 0 Å². The highest BCUT2D eigenvalue weighted by Crippen LogP contribution is 2.17. The van der Waals surface area contributed by atoms with Gasteiger partial charge in [0.15, 0.2) is 5.78 Å². The van der Waals surface area contributed by atoms with Crippen molar-refractivity contribution in [3.63, 3.8) is 0 Å². The summed E-state index contributed by atoms with van der Waals surface area (Å²) >= 11 is 0. The summed E-state index contributed by atoms with van der Waals surface area (Å²) in [6.07, 6.45) is 0.761. The Labute approximate surface area is 111 Å². The average molecular weight is 268 g/mol. The van der Waals surface area contributed by atoms with Crippen LogP contribution in [0.3, 0.4) is 0 Å². The second-order valence-corrected chi connectivity index (χ2v) is 3.95. The van der Waals surface area contributed by atoms with Gasteiger partial charge in [0, 0.05) is 12.5 Å². The van der Waals surface area contributed by atoms with E-state index < -0.39 is 5.82 Å². The van der Waals surface area contributed by atoms with E-state index in [4.69, 9.17) is 9.47 Å². The Kier molecular flexibility index (Phi) is 5.99. The molecule has 0 aliphatic heterocycles. The molecule has 0 N–H and O–H groups in total. The van der Waals surface area contributed by atoms with Crippen LogP contribution in [0.25, 0.3) is 0 Å². The van der Waals surface area contributed by atoms with Crippen molar-refractivity contribution >= 4 is 11.8 Å². The molecule has 0 fully saturated rings. The average Bonchev–Trinajstić information content (AvgIpc) is 2.34. The lowest BCUT2D eigenvalue weighted by molar-refractivity contribution is -0.143. The largest absolute Gasteiger partial charge is 0.493 e. The molecule has 0 saturated carbocycles. The molecule has 0 heterocycles. The molecular formula is C14H17FO4. The van der Waals surface area contributed by atoms with Crippen LogP contribution in [-0.4, -0.2) is 25.0 Å². The lowest BCUT2D eigenvalue weighted by Gasteiger charge is -2.07. The summed E-state index contributed by atoms with van der Waals surface area (Å²) in [5, 5.41) is 0. The molecule has 0 radical (unpaired) electrons. The van der Waals surface area contributed by atoms with E-state index in [0.29, 0.717) is 18.8 Å². The quantitative estimate of drug-likeness (QED) is 0.433. The van der Waals surface area contributed by atoms with Crippen LogP contribution in [0, 0.1) is 5.82 Å². The van der Waals surface area contributed by atoms with Gasteiger partial charge >= 0.3 is 5.97 Å². The predicted molar refractivity (Wildman–Crippen MR) is 67.8 cm³/mol. The predicted octanol–water partition coefficient (Wildman–Crippen LogP) is 2.75. The number of esters is 1. The van der Waals surface area contributed by atoms with Gasteiger partial charge in [-0.2, -0.15) is 0 Å². The summed E-state index contributed by atoms with van der Waals surface area (Å²) in [6, 6.07) is 4.09. The Morgan fingerprint density at radius 2 is 2.05 bits per heavy atom. The van der Waals surface area contributed by atoms with Crippen LogP contribution in [-0.2, 0) is 9.53 Å². The van der Waals surface area contributed by atoms with E-state index in [2.05, 4.69) is 0 Å². The zero-order valence-corrected chi connectivity index (χ0v) is 11.1. The summed E-state index contributed by atoms with van der Waals surface area (Å²) < 4.78 is 23.5. The molecular weight excluding hydrogens is 251 g/mol. The van der Waals surface area contributed by atoms with Gasteiger partial charge in [0.05, 0.1) is 18.8 Å². The lowest BCUT2D eigenvalue weighted by Crippen LogP contribution is -2.07. The third-order valence-corrected chi connectivity index (χ3v) is 2.42. The van der Waals surface area contributed by atoms with E-state index in [9.17, 15) is 14.0 Å². The number of hydrogen-bond acceptors (Lipinski definition) is 4. The van der Waals surface area contributed by atoms with Gasteiger partial charge in [-0.15, -0.1) is 0 Å². The Hall–Kier alpha value is -1.91. The summed E-state index contributed by atoms with van der Waals surface area (Å²) in [5.41, 5.74) is 0.0406. The molecule has 0 atom stereocenters. The molecule has 5 heteroatoms. The van der Waals surface area contributed by atoms with Crippen LogP contribution in [0.1, 0.15) is 37.0 Å². The summed E-state index contributed by atoms with van der Waals surface area (Å²) in [4.78, 5) is 22.1. The smallest absolute Gasteiger partial charge is 0.305 e. The van der Waals surface area contributed by atoms with Gasteiger partial charge in [0.1, 0.15) is 11.6 Å². The highest BCUT2D eigenvalue weighted by Gasteiger charge is 2.08. The third kappa shape index (κ3) is 5.07. The molecule has 0 aromatic heterocycles. The maximum absolute atomic E-state index is 13.5. The number of benzene rings is 1. The molecule has 0 unspecified atom stereocenters. The Morgan fingerprint density at radius 3 is 2.63 bits per heavy atom. The summed E-state index contributed by atoms with van der Waals surface area (Å²) in [7, 11) is 0. The number of hydrogen-bond donors (Lipinski definition) is 0. The number of carbonyl (C=O) groups is 2. The number of Topliss-reactive ketones (excluding diaryl/α,β-unsaturated/α-hetero) is 1. The van der Waals surface area contributed by atoms with Crippen LogP contribution < -0.4 is 4.74 Å². The van der Waals surface area contributed by atoms with Gasteiger partial charge < -0.3 is 9.47 Å². The van der Waals surface area contributed by atoms with Crippen molar-refractivity contribution in [1.82, 2.24) is 0 Å². The van der Waals surface area contributed by atoms with Crippen molar-refractivity contribution in [2.75, 3.05) is 13.2 Å². The maximum atomic E-state index is 13.5. The zero-order chi connectivity index (χ0) is 14.3. The van der Waals surface area contributed by atoms with Crippen LogP contribution in [0.5, 0.6) is 5.75 Å². The van der Waals surface area contributed by atoms with Crippen molar-refractivity contribution in [2.45, 2.75) is 26.7 Å². The topological polar surface area (TPSA) is 52.6 Å². The number of carbonyl (C=O) groups excluding carboxylic acids is 2. The standard InChI is InChI=1S/C14H17FO4/c1-3-18-14(17)5-4-8-19-11-6-7-12(10(2)16)13(15)9-11/h6-7,9H,3-5,8H2,1-2H3. The molecule has 1 aromatic carbocycles. The van der Waals surface area contributed by atoms with E-state index in [0.717, 1.165) is 0 Å². The molecule has 4 nitrogen and oxygen atoms in total.